The Bertz CT molecular complexity index is 770. The molecule has 2 atom stereocenters. The molecule has 0 spiro atoms. The van der Waals surface area contributed by atoms with E-state index in [1.54, 1.807) is 13.0 Å². The highest BCUT2D eigenvalue weighted by atomic mass is 35.5. The lowest BCUT2D eigenvalue weighted by Crippen LogP contribution is -2.35. The van der Waals surface area contributed by atoms with Gasteiger partial charge in [-0.2, -0.15) is 0 Å². The summed E-state index contributed by atoms with van der Waals surface area (Å²) >= 11 is 12.9. The van der Waals surface area contributed by atoms with Gasteiger partial charge in [-0.1, -0.05) is 62.7 Å². The molecule has 4 nitrogen and oxygen atoms in total. The summed E-state index contributed by atoms with van der Waals surface area (Å²) in [6.07, 6.45) is 7.35. The number of aliphatic carboxylic acids is 1. The van der Waals surface area contributed by atoms with E-state index in [9.17, 15) is 14.7 Å². The first-order valence-corrected chi connectivity index (χ1v) is 11.1. The zero-order valence-electron chi connectivity index (χ0n) is 16.5. The Balaban J connectivity index is 2.01. The van der Waals surface area contributed by atoms with Gasteiger partial charge in [0.15, 0.2) is 11.9 Å². The Hall–Kier alpha value is -1.26. The Morgan fingerprint density at radius 3 is 2.54 bits per heavy atom. The molecule has 6 heteroatoms. The number of hydrogen-bond acceptors (Lipinski definition) is 3. The molecule has 3 rings (SSSR count). The number of rotatable bonds is 8. The summed E-state index contributed by atoms with van der Waals surface area (Å²) in [5, 5.41) is 9.63. The number of carbonyl (C=O) groups excluding carboxylic acids is 1. The highest BCUT2D eigenvalue weighted by Gasteiger charge is 2.51. The van der Waals surface area contributed by atoms with Gasteiger partial charge in [-0.25, -0.2) is 4.79 Å². The van der Waals surface area contributed by atoms with Gasteiger partial charge in [0.05, 0.1) is 5.02 Å². The topological polar surface area (TPSA) is 63.6 Å². The number of unbranched alkanes of at least 4 members (excludes halogenated alkanes) is 1. The van der Waals surface area contributed by atoms with E-state index >= 15 is 0 Å². The van der Waals surface area contributed by atoms with Crippen LogP contribution in [-0.4, -0.2) is 23.0 Å². The molecule has 0 amide bonds. The van der Waals surface area contributed by atoms with Crippen LogP contribution >= 0.6 is 23.2 Å². The molecule has 0 aromatic heterocycles. The van der Waals surface area contributed by atoms with Crippen molar-refractivity contribution < 1.29 is 19.4 Å². The first-order valence-electron chi connectivity index (χ1n) is 10.3. The summed E-state index contributed by atoms with van der Waals surface area (Å²) < 4.78 is 5.64. The second-order valence-corrected chi connectivity index (χ2v) is 8.89. The summed E-state index contributed by atoms with van der Waals surface area (Å²) in [6, 6.07) is 1.75. The van der Waals surface area contributed by atoms with E-state index in [0.717, 1.165) is 37.7 Å². The molecule has 0 radical (unpaired) electrons. The minimum atomic E-state index is -1.05. The molecule has 0 aliphatic heterocycles. The van der Waals surface area contributed by atoms with Crippen LogP contribution in [0.5, 0.6) is 5.75 Å². The molecule has 1 aromatic rings. The third-order valence-electron chi connectivity index (χ3n) is 6.47. The van der Waals surface area contributed by atoms with Gasteiger partial charge in [0.1, 0.15) is 10.8 Å². The zero-order valence-corrected chi connectivity index (χ0v) is 18.0. The molecule has 2 unspecified atom stereocenters. The van der Waals surface area contributed by atoms with Gasteiger partial charge in [0.25, 0.3) is 0 Å². The summed E-state index contributed by atoms with van der Waals surface area (Å²) in [6.45, 7) is 3.88. The predicted molar refractivity (Wildman–Crippen MR) is 111 cm³/mol. The number of carboxylic acid groups (broad SMARTS) is 1. The highest BCUT2D eigenvalue weighted by molar-refractivity contribution is 6.45. The van der Waals surface area contributed by atoms with Crippen LogP contribution in [0.15, 0.2) is 6.07 Å². The van der Waals surface area contributed by atoms with Crippen molar-refractivity contribution in [3.8, 4) is 5.75 Å². The maximum absolute atomic E-state index is 13.6. The Morgan fingerprint density at radius 1 is 1.29 bits per heavy atom. The van der Waals surface area contributed by atoms with Crippen molar-refractivity contribution in [1.29, 1.82) is 0 Å². The molecule has 28 heavy (non-hydrogen) atoms. The van der Waals surface area contributed by atoms with Crippen LogP contribution in [0.2, 0.25) is 10.0 Å². The Morgan fingerprint density at radius 2 is 1.96 bits per heavy atom. The molecule has 0 saturated heterocycles. The van der Waals surface area contributed by atoms with Gasteiger partial charge < -0.3 is 9.84 Å². The average molecular weight is 427 g/mol. The summed E-state index contributed by atoms with van der Waals surface area (Å²) in [4.78, 5) is 25.0. The van der Waals surface area contributed by atoms with Crippen LogP contribution in [0.3, 0.4) is 0 Å². The number of fused-ring (bicyclic) bond motifs is 1. The van der Waals surface area contributed by atoms with Crippen LogP contribution in [-0.2, 0) is 11.2 Å². The van der Waals surface area contributed by atoms with Crippen LogP contribution < -0.4 is 4.74 Å². The van der Waals surface area contributed by atoms with Gasteiger partial charge in [0, 0.05) is 11.0 Å². The number of carboxylic acids is 1. The van der Waals surface area contributed by atoms with E-state index in [-0.39, 0.29) is 21.6 Å². The molecule has 0 heterocycles. The van der Waals surface area contributed by atoms with Gasteiger partial charge in [0.2, 0.25) is 0 Å². The van der Waals surface area contributed by atoms with E-state index in [1.807, 2.05) is 0 Å². The van der Waals surface area contributed by atoms with E-state index in [4.69, 9.17) is 27.9 Å². The highest BCUT2D eigenvalue weighted by Crippen LogP contribution is 2.54. The SMILES string of the molecule is CCCCC1(C2CCCC2)Cc2cc(OC(CC)C(=O)O)c(Cl)c(Cl)c2C1=O. The van der Waals surface area contributed by atoms with Crippen LogP contribution in [0, 0.1) is 11.3 Å². The minimum Gasteiger partial charge on any atom is -0.479 e. The molecule has 1 aromatic carbocycles. The van der Waals surface area contributed by atoms with E-state index < -0.39 is 17.5 Å². The molecule has 1 saturated carbocycles. The van der Waals surface area contributed by atoms with Gasteiger partial charge >= 0.3 is 5.97 Å². The molecule has 2 aliphatic carbocycles. The molecule has 1 N–H and O–H groups in total. The fourth-order valence-corrected chi connectivity index (χ4v) is 5.45. The largest absolute Gasteiger partial charge is 0.479 e. The maximum Gasteiger partial charge on any atom is 0.344 e. The van der Waals surface area contributed by atoms with Crippen molar-refractivity contribution in [2.75, 3.05) is 0 Å². The number of ether oxygens (including phenoxy) is 1. The van der Waals surface area contributed by atoms with Crippen molar-refractivity contribution in [1.82, 2.24) is 0 Å². The van der Waals surface area contributed by atoms with E-state index in [0.29, 0.717) is 24.3 Å². The fraction of sp³-hybridized carbons (Fsp3) is 0.636. The zero-order chi connectivity index (χ0) is 20.5. The third-order valence-corrected chi connectivity index (χ3v) is 7.32. The van der Waals surface area contributed by atoms with Gasteiger partial charge in [-0.15, -0.1) is 0 Å². The smallest absolute Gasteiger partial charge is 0.344 e. The molecule has 1 fully saturated rings. The van der Waals surface area contributed by atoms with Crippen LogP contribution in [0.1, 0.15) is 81.1 Å². The first-order chi connectivity index (χ1) is 13.4. The van der Waals surface area contributed by atoms with Crippen LogP contribution in [0.4, 0.5) is 0 Å². The number of hydrogen-bond donors (Lipinski definition) is 1. The lowest BCUT2D eigenvalue weighted by molar-refractivity contribution is -0.145. The normalized spacial score (nSPS) is 23.1. The standard InChI is InChI=1S/C22H28Cl2O4/c1-3-5-10-22(14-8-6-7-9-14)12-13-11-16(28-15(4-2)21(26)27)18(23)19(24)17(13)20(22)25/h11,14-15H,3-10,12H2,1-2H3,(H,26,27). The average Bonchev–Trinajstić information content (AvgIpc) is 3.29. The molecule has 0 bridgehead atoms. The molecular formula is C22H28Cl2O4. The van der Waals surface area contributed by atoms with Crippen molar-refractivity contribution in [3.63, 3.8) is 0 Å². The second kappa shape index (κ2) is 8.62. The monoisotopic (exact) mass is 426 g/mol. The van der Waals surface area contributed by atoms with Gasteiger partial charge in [-0.05, 0) is 49.7 Å². The van der Waals surface area contributed by atoms with E-state index in [2.05, 4.69) is 6.92 Å². The number of Topliss-reactive ketones (excluding diaryl/α,β-unsaturated/α-hetero) is 1. The number of benzene rings is 1. The fourth-order valence-electron chi connectivity index (χ4n) is 4.96. The van der Waals surface area contributed by atoms with Gasteiger partial charge in [-0.3, -0.25) is 4.79 Å². The summed E-state index contributed by atoms with van der Waals surface area (Å²) in [7, 11) is 0. The summed E-state index contributed by atoms with van der Waals surface area (Å²) in [5.41, 5.74) is 0.959. The maximum atomic E-state index is 13.6. The lowest BCUT2D eigenvalue weighted by Gasteiger charge is -2.34. The van der Waals surface area contributed by atoms with Crippen molar-refractivity contribution in [3.05, 3.63) is 27.2 Å². The van der Waals surface area contributed by atoms with Crippen molar-refractivity contribution in [2.24, 2.45) is 11.3 Å². The van der Waals surface area contributed by atoms with Crippen LogP contribution in [0.25, 0.3) is 0 Å². The summed E-state index contributed by atoms with van der Waals surface area (Å²) in [5.74, 6) is -0.299. The Kier molecular flexibility index (Phi) is 6.61. The minimum absolute atomic E-state index is 0.117. The predicted octanol–water partition coefficient (Wildman–Crippen LogP) is 6.34. The second-order valence-electron chi connectivity index (χ2n) is 8.14. The van der Waals surface area contributed by atoms with Crippen molar-refractivity contribution >= 4 is 35.0 Å². The number of ketones is 1. The Labute approximate surface area is 176 Å². The van der Waals surface area contributed by atoms with E-state index in [1.165, 1.54) is 12.8 Å². The third kappa shape index (κ3) is 3.66. The molecular weight excluding hydrogens is 399 g/mol. The lowest BCUT2D eigenvalue weighted by atomic mass is 9.68. The first kappa shape index (κ1) is 21.4. The molecule has 2 aliphatic rings. The number of halogens is 2. The quantitative estimate of drug-likeness (QED) is 0.526. The van der Waals surface area contributed by atoms with Crippen molar-refractivity contribution in [2.45, 2.75) is 77.7 Å². The number of carbonyl (C=O) groups is 2. The molecule has 154 valence electrons.